The maximum atomic E-state index is 13.7. The maximum absolute atomic E-state index is 13.7. The number of amides is 2. The number of esters is 1. The lowest BCUT2D eigenvalue weighted by molar-refractivity contribution is -0.124. The second-order valence-corrected chi connectivity index (χ2v) is 9.24. The molecule has 0 radical (unpaired) electrons. The number of hydrogen-bond acceptors (Lipinski definition) is 6. The second kappa shape index (κ2) is 13.0. The molecule has 1 aliphatic heterocycles. The van der Waals surface area contributed by atoms with E-state index in [1.54, 1.807) is 55.5 Å². The number of nitrogens with one attached hydrogen (secondary N) is 1. The van der Waals surface area contributed by atoms with E-state index in [4.69, 9.17) is 21.7 Å². The number of nitrogens with zero attached hydrogens (tertiary/aromatic N) is 2. The Labute approximate surface area is 233 Å². The first-order valence-corrected chi connectivity index (χ1v) is 13.3. The average Bonchev–Trinajstić information content (AvgIpc) is 3.17. The Bertz CT molecular complexity index is 1310. The zero-order chi connectivity index (χ0) is 27.8. The molecule has 9 heteroatoms. The second-order valence-electron chi connectivity index (χ2n) is 8.88. The lowest BCUT2D eigenvalue weighted by atomic mass is 10.1. The minimum absolute atomic E-state index is 0.0824. The lowest BCUT2D eigenvalue weighted by Gasteiger charge is -2.24. The number of benzene rings is 3. The van der Waals surface area contributed by atoms with Gasteiger partial charge >= 0.3 is 5.97 Å². The highest BCUT2D eigenvalue weighted by Crippen LogP contribution is 2.29. The summed E-state index contributed by atoms with van der Waals surface area (Å²) in [5.41, 5.74) is 2.64. The van der Waals surface area contributed by atoms with Crippen LogP contribution in [-0.2, 0) is 20.7 Å². The summed E-state index contributed by atoms with van der Waals surface area (Å²) in [5, 5.41) is 3.18. The molecule has 0 spiro atoms. The minimum atomic E-state index is -0.758. The number of hydrogen-bond donors (Lipinski definition) is 1. The molecule has 2 amide bonds. The predicted octanol–water partition coefficient (Wildman–Crippen LogP) is 4.84. The number of carbonyl (C=O) groups is 3. The van der Waals surface area contributed by atoms with Gasteiger partial charge in [-0.1, -0.05) is 30.3 Å². The van der Waals surface area contributed by atoms with Gasteiger partial charge < -0.3 is 19.7 Å². The highest BCUT2D eigenvalue weighted by Gasteiger charge is 2.43. The Morgan fingerprint density at radius 3 is 2.26 bits per heavy atom. The molecule has 0 aliphatic carbocycles. The molecule has 3 aromatic rings. The predicted molar refractivity (Wildman–Crippen MR) is 154 cm³/mol. The fourth-order valence-electron chi connectivity index (χ4n) is 4.37. The van der Waals surface area contributed by atoms with Gasteiger partial charge in [0.1, 0.15) is 11.8 Å². The Hall–Kier alpha value is -4.24. The molecule has 1 saturated heterocycles. The third-order valence-electron chi connectivity index (χ3n) is 6.27. The fourth-order valence-corrected chi connectivity index (χ4v) is 4.78. The molecule has 39 heavy (non-hydrogen) atoms. The molecular weight excluding hydrogens is 514 g/mol. The van der Waals surface area contributed by atoms with E-state index in [0.29, 0.717) is 47.4 Å². The van der Waals surface area contributed by atoms with Crippen molar-refractivity contribution < 1.29 is 23.9 Å². The molecule has 1 N–H and O–H groups in total. The van der Waals surface area contributed by atoms with Gasteiger partial charge in [-0.2, -0.15) is 0 Å². The topological polar surface area (TPSA) is 88.2 Å². The number of rotatable bonds is 11. The van der Waals surface area contributed by atoms with Gasteiger partial charge in [-0.25, -0.2) is 4.79 Å². The van der Waals surface area contributed by atoms with Crippen LogP contribution in [0.2, 0.25) is 0 Å². The van der Waals surface area contributed by atoms with Crippen LogP contribution in [0.4, 0.5) is 11.4 Å². The van der Waals surface area contributed by atoms with Gasteiger partial charge in [0.2, 0.25) is 5.91 Å². The van der Waals surface area contributed by atoms with E-state index >= 15 is 0 Å². The maximum Gasteiger partial charge on any atom is 0.338 e. The number of carbonyl (C=O) groups excluding carboxylic acids is 3. The van der Waals surface area contributed by atoms with Gasteiger partial charge in [0.25, 0.3) is 5.91 Å². The molecular formula is C30H31N3O5S. The zero-order valence-electron chi connectivity index (χ0n) is 22.0. The molecule has 202 valence electrons. The molecule has 0 aromatic heterocycles. The van der Waals surface area contributed by atoms with E-state index in [-0.39, 0.29) is 24.8 Å². The first-order chi connectivity index (χ1) is 18.9. The van der Waals surface area contributed by atoms with Crippen LogP contribution in [0.5, 0.6) is 5.75 Å². The number of ether oxygens (including phenoxy) is 2. The van der Waals surface area contributed by atoms with Crippen molar-refractivity contribution in [3.63, 3.8) is 0 Å². The van der Waals surface area contributed by atoms with Crippen LogP contribution in [-0.4, -0.2) is 53.6 Å². The van der Waals surface area contributed by atoms with E-state index in [0.717, 1.165) is 5.56 Å². The summed E-state index contributed by atoms with van der Waals surface area (Å²) in [6, 6.07) is 22.8. The summed E-state index contributed by atoms with van der Waals surface area (Å²) in [4.78, 5) is 41.9. The smallest absolute Gasteiger partial charge is 0.338 e. The zero-order valence-corrected chi connectivity index (χ0v) is 22.8. The van der Waals surface area contributed by atoms with Crippen LogP contribution in [0.25, 0.3) is 0 Å². The largest absolute Gasteiger partial charge is 0.494 e. The summed E-state index contributed by atoms with van der Waals surface area (Å²) < 4.78 is 10.5. The molecule has 4 rings (SSSR count). The van der Waals surface area contributed by atoms with Crippen LogP contribution in [0.1, 0.15) is 36.2 Å². The fraction of sp³-hybridized carbons (Fsp3) is 0.267. The van der Waals surface area contributed by atoms with E-state index < -0.39 is 12.0 Å². The molecule has 1 unspecified atom stereocenters. The molecule has 1 fully saturated rings. The Balaban J connectivity index is 1.51. The van der Waals surface area contributed by atoms with Gasteiger partial charge in [-0.15, -0.1) is 0 Å². The molecule has 0 saturated carbocycles. The summed E-state index contributed by atoms with van der Waals surface area (Å²) in [6.45, 7) is 4.94. The Kier molecular flexibility index (Phi) is 9.27. The molecule has 1 heterocycles. The van der Waals surface area contributed by atoms with Gasteiger partial charge in [0.15, 0.2) is 5.11 Å². The van der Waals surface area contributed by atoms with Gasteiger partial charge in [-0.3, -0.25) is 14.5 Å². The van der Waals surface area contributed by atoms with Crippen molar-refractivity contribution in [2.45, 2.75) is 32.7 Å². The summed E-state index contributed by atoms with van der Waals surface area (Å²) >= 11 is 5.76. The van der Waals surface area contributed by atoms with E-state index in [1.165, 1.54) is 4.90 Å². The molecule has 0 bridgehead atoms. The van der Waals surface area contributed by atoms with Crippen LogP contribution >= 0.6 is 12.2 Å². The number of anilines is 2. The summed E-state index contributed by atoms with van der Waals surface area (Å²) in [5.74, 6) is -0.322. The summed E-state index contributed by atoms with van der Waals surface area (Å²) in [6.07, 6.45) is 0.583. The van der Waals surface area contributed by atoms with Crippen LogP contribution < -0.4 is 15.0 Å². The standard InChI is InChI=1S/C30H31N3O5S/c1-3-37-25-16-14-24(15-17-25)33-28(35)26(32(30(33)39)19-18-21-8-6-5-7-9-21)20-27(34)31-23-12-10-22(11-13-23)29(36)38-4-2/h5-17,26H,3-4,18-20H2,1-2H3,(H,31,34). The van der Waals surface area contributed by atoms with Crippen molar-refractivity contribution >= 4 is 46.5 Å². The SMILES string of the molecule is CCOC(=O)c1ccc(NC(=O)CC2C(=O)N(c3ccc(OCC)cc3)C(=S)N2CCc2ccccc2)cc1. The third kappa shape index (κ3) is 6.80. The van der Waals surface area contributed by atoms with Crippen molar-refractivity contribution in [2.75, 3.05) is 30.0 Å². The number of thiocarbonyl (C=S) groups is 1. The Morgan fingerprint density at radius 2 is 1.62 bits per heavy atom. The van der Waals surface area contributed by atoms with Crippen molar-refractivity contribution in [3.05, 3.63) is 90.0 Å². The van der Waals surface area contributed by atoms with E-state index in [1.807, 2.05) is 42.2 Å². The third-order valence-corrected chi connectivity index (χ3v) is 6.68. The quantitative estimate of drug-likeness (QED) is 0.273. The Morgan fingerprint density at radius 1 is 0.923 bits per heavy atom. The van der Waals surface area contributed by atoms with E-state index in [2.05, 4.69) is 5.32 Å². The highest BCUT2D eigenvalue weighted by atomic mass is 32.1. The lowest BCUT2D eigenvalue weighted by Crippen LogP contribution is -2.39. The van der Waals surface area contributed by atoms with Crippen molar-refractivity contribution in [1.29, 1.82) is 0 Å². The van der Waals surface area contributed by atoms with Gasteiger partial charge in [0.05, 0.1) is 30.9 Å². The van der Waals surface area contributed by atoms with Crippen LogP contribution in [0.15, 0.2) is 78.9 Å². The van der Waals surface area contributed by atoms with E-state index in [9.17, 15) is 14.4 Å². The van der Waals surface area contributed by atoms with Crippen LogP contribution in [0.3, 0.4) is 0 Å². The molecule has 1 atom stereocenters. The minimum Gasteiger partial charge on any atom is -0.494 e. The molecule has 8 nitrogen and oxygen atoms in total. The average molecular weight is 546 g/mol. The monoisotopic (exact) mass is 545 g/mol. The van der Waals surface area contributed by atoms with Gasteiger partial charge in [0, 0.05) is 12.2 Å². The first kappa shape index (κ1) is 27.8. The first-order valence-electron chi connectivity index (χ1n) is 12.9. The highest BCUT2D eigenvalue weighted by molar-refractivity contribution is 7.80. The summed E-state index contributed by atoms with van der Waals surface area (Å²) in [7, 11) is 0. The van der Waals surface area contributed by atoms with Crippen molar-refractivity contribution in [3.8, 4) is 5.75 Å². The van der Waals surface area contributed by atoms with Gasteiger partial charge in [-0.05, 0) is 86.6 Å². The normalized spacial score (nSPS) is 14.9. The molecule has 3 aromatic carbocycles. The molecule has 1 aliphatic rings. The van der Waals surface area contributed by atoms with Crippen molar-refractivity contribution in [1.82, 2.24) is 4.90 Å². The van der Waals surface area contributed by atoms with Crippen molar-refractivity contribution in [2.24, 2.45) is 0 Å². The van der Waals surface area contributed by atoms with Crippen LogP contribution in [0, 0.1) is 0 Å².